The predicted molar refractivity (Wildman–Crippen MR) is 72.1 cm³/mol. The van der Waals surface area contributed by atoms with Gasteiger partial charge >= 0.3 is 5.97 Å². The Kier molecular flexibility index (Phi) is 3.69. The summed E-state index contributed by atoms with van der Waals surface area (Å²) < 4.78 is 10.9. The van der Waals surface area contributed by atoms with Gasteiger partial charge in [0, 0.05) is 18.7 Å². The van der Waals surface area contributed by atoms with E-state index < -0.39 is 0 Å². The maximum atomic E-state index is 12.0. The van der Waals surface area contributed by atoms with Gasteiger partial charge in [-0.05, 0) is 30.9 Å². The van der Waals surface area contributed by atoms with Crippen molar-refractivity contribution in [2.24, 2.45) is 0 Å². The lowest BCUT2D eigenvalue weighted by molar-refractivity contribution is -0.149. The van der Waals surface area contributed by atoms with Gasteiger partial charge in [0.1, 0.15) is 12.6 Å². The minimum Gasteiger partial charge on any atom is -0.461 e. The van der Waals surface area contributed by atoms with Crippen LogP contribution in [0.25, 0.3) is 0 Å². The fraction of sp³-hybridized carbons (Fsp3) is 0.533. The van der Waals surface area contributed by atoms with Gasteiger partial charge in [-0.25, -0.2) is 4.79 Å². The Morgan fingerprint density at radius 2 is 2.26 bits per heavy atom. The van der Waals surface area contributed by atoms with Crippen molar-refractivity contribution in [1.82, 2.24) is 0 Å². The van der Waals surface area contributed by atoms with Gasteiger partial charge in [0.15, 0.2) is 0 Å². The van der Waals surface area contributed by atoms with Crippen LogP contribution in [-0.2, 0) is 20.7 Å². The molecular weight excluding hydrogens is 242 g/mol. The number of hydrogen-bond donors (Lipinski definition) is 1. The third-order valence-electron chi connectivity index (χ3n) is 3.74. The molecule has 3 rings (SSSR count). The van der Waals surface area contributed by atoms with Crippen molar-refractivity contribution in [1.29, 1.82) is 0 Å². The third-order valence-corrected chi connectivity index (χ3v) is 3.74. The molecule has 19 heavy (non-hydrogen) atoms. The number of esters is 1. The molecule has 0 aliphatic carbocycles. The molecule has 4 nitrogen and oxygen atoms in total. The highest BCUT2D eigenvalue weighted by Gasteiger charge is 2.28. The lowest BCUT2D eigenvalue weighted by Crippen LogP contribution is -2.33. The molecular formula is C15H19NO3. The number of para-hydroxylation sites is 1. The monoisotopic (exact) mass is 261 g/mol. The molecule has 102 valence electrons. The molecule has 1 fully saturated rings. The summed E-state index contributed by atoms with van der Waals surface area (Å²) >= 11 is 0. The zero-order valence-corrected chi connectivity index (χ0v) is 10.9. The van der Waals surface area contributed by atoms with Crippen molar-refractivity contribution in [2.45, 2.75) is 37.8 Å². The van der Waals surface area contributed by atoms with E-state index in [1.807, 2.05) is 24.3 Å². The van der Waals surface area contributed by atoms with Crippen molar-refractivity contribution in [3.05, 3.63) is 29.8 Å². The molecule has 2 aliphatic heterocycles. The van der Waals surface area contributed by atoms with Gasteiger partial charge < -0.3 is 14.8 Å². The van der Waals surface area contributed by atoms with E-state index in [4.69, 9.17) is 9.47 Å². The van der Waals surface area contributed by atoms with Gasteiger partial charge in [-0.3, -0.25) is 0 Å². The summed E-state index contributed by atoms with van der Waals surface area (Å²) in [7, 11) is 0. The molecule has 0 amide bonds. The van der Waals surface area contributed by atoms with Crippen LogP contribution in [0.1, 0.15) is 24.8 Å². The van der Waals surface area contributed by atoms with E-state index in [0.29, 0.717) is 13.0 Å². The predicted octanol–water partition coefficient (Wildman–Crippen LogP) is 2.14. The number of nitrogens with one attached hydrogen (secondary N) is 1. The number of carbonyl (C=O) groups excluding carboxylic acids is 1. The van der Waals surface area contributed by atoms with E-state index in [2.05, 4.69) is 5.32 Å². The molecule has 0 saturated carbocycles. The van der Waals surface area contributed by atoms with Crippen LogP contribution < -0.4 is 5.32 Å². The Hall–Kier alpha value is -1.55. The first kappa shape index (κ1) is 12.5. The largest absolute Gasteiger partial charge is 0.461 e. The Morgan fingerprint density at radius 3 is 3.05 bits per heavy atom. The summed E-state index contributed by atoms with van der Waals surface area (Å²) in [5.74, 6) is -0.176. The summed E-state index contributed by atoms with van der Waals surface area (Å²) in [6.45, 7) is 1.17. The number of hydrogen-bond acceptors (Lipinski definition) is 4. The normalized spacial score (nSPS) is 25.5. The van der Waals surface area contributed by atoms with Gasteiger partial charge in [0.25, 0.3) is 0 Å². The van der Waals surface area contributed by atoms with Crippen LogP contribution >= 0.6 is 0 Å². The second-order valence-corrected chi connectivity index (χ2v) is 5.18. The summed E-state index contributed by atoms with van der Waals surface area (Å²) in [6.07, 6.45) is 4.06. The molecule has 2 atom stereocenters. The molecule has 0 spiro atoms. The molecule has 0 radical (unpaired) electrons. The quantitative estimate of drug-likeness (QED) is 0.847. The Labute approximate surface area is 113 Å². The Bertz CT molecular complexity index is 429. The molecule has 1 unspecified atom stereocenters. The molecule has 0 bridgehead atoms. The molecule has 4 heteroatoms. The van der Waals surface area contributed by atoms with E-state index in [9.17, 15) is 4.79 Å². The average Bonchev–Trinajstić information content (AvgIpc) is 2.90. The van der Waals surface area contributed by atoms with Gasteiger partial charge in [0.05, 0.1) is 6.10 Å². The van der Waals surface area contributed by atoms with Crippen LogP contribution in [0.5, 0.6) is 0 Å². The third kappa shape index (κ3) is 2.89. The smallest absolute Gasteiger partial charge is 0.328 e. The maximum Gasteiger partial charge on any atom is 0.328 e. The number of fused-ring (bicyclic) bond motifs is 1. The zero-order chi connectivity index (χ0) is 13.1. The van der Waals surface area contributed by atoms with Gasteiger partial charge in [-0.15, -0.1) is 0 Å². The van der Waals surface area contributed by atoms with Crippen LogP contribution in [0.3, 0.4) is 0 Å². The first-order valence-corrected chi connectivity index (χ1v) is 6.95. The SMILES string of the molecule is O=C(OCC1CCCCO1)[C@@H]1Cc2ccccc2N1. The van der Waals surface area contributed by atoms with Gasteiger partial charge in [-0.2, -0.15) is 0 Å². The van der Waals surface area contributed by atoms with E-state index >= 15 is 0 Å². The minimum atomic E-state index is -0.249. The van der Waals surface area contributed by atoms with Crippen LogP contribution in [-0.4, -0.2) is 31.3 Å². The van der Waals surface area contributed by atoms with Gasteiger partial charge in [-0.1, -0.05) is 18.2 Å². The molecule has 0 aromatic heterocycles. The summed E-state index contributed by atoms with van der Waals surface area (Å²) in [5, 5.41) is 3.21. The Morgan fingerprint density at radius 1 is 1.37 bits per heavy atom. The number of ether oxygens (including phenoxy) is 2. The zero-order valence-electron chi connectivity index (χ0n) is 10.9. The summed E-state index contributed by atoms with van der Waals surface area (Å²) in [6, 6.07) is 7.74. The molecule has 1 saturated heterocycles. The first-order valence-electron chi connectivity index (χ1n) is 6.95. The summed E-state index contributed by atoms with van der Waals surface area (Å²) in [4.78, 5) is 12.0. The number of rotatable bonds is 3. The fourth-order valence-electron chi connectivity index (χ4n) is 2.65. The fourth-order valence-corrected chi connectivity index (χ4v) is 2.65. The molecule has 2 heterocycles. The number of carbonyl (C=O) groups is 1. The van der Waals surface area contributed by atoms with E-state index in [1.54, 1.807) is 0 Å². The Balaban J connectivity index is 1.49. The van der Waals surface area contributed by atoms with E-state index in [-0.39, 0.29) is 18.1 Å². The van der Waals surface area contributed by atoms with Crippen molar-refractivity contribution < 1.29 is 14.3 Å². The lowest BCUT2D eigenvalue weighted by Gasteiger charge is -2.22. The highest BCUT2D eigenvalue weighted by Crippen LogP contribution is 2.25. The van der Waals surface area contributed by atoms with Crippen LogP contribution in [0, 0.1) is 0 Å². The van der Waals surface area contributed by atoms with Crippen LogP contribution in [0.4, 0.5) is 5.69 Å². The second kappa shape index (κ2) is 5.61. The van der Waals surface area contributed by atoms with Crippen LogP contribution in [0.15, 0.2) is 24.3 Å². The van der Waals surface area contributed by atoms with Crippen molar-refractivity contribution in [2.75, 3.05) is 18.5 Å². The standard InChI is InChI=1S/C15H19NO3/c17-15(19-10-12-6-3-4-8-18-12)14-9-11-5-1-2-7-13(11)16-14/h1-2,5,7,12,14,16H,3-4,6,8-10H2/t12?,14-/m0/s1. The van der Waals surface area contributed by atoms with Crippen molar-refractivity contribution >= 4 is 11.7 Å². The summed E-state index contributed by atoms with van der Waals surface area (Å²) in [5.41, 5.74) is 2.22. The van der Waals surface area contributed by atoms with Crippen molar-refractivity contribution in [3.8, 4) is 0 Å². The van der Waals surface area contributed by atoms with Crippen molar-refractivity contribution in [3.63, 3.8) is 0 Å². The molecule has 1 aromatic carbocycles. The second-order valence-electron chi connectivity index (χ2n) is 5.18. The van der Waals surface area contributed by atoms with Crippen LogP contribution in [0.2, 0.25) is 0 Å². The first-order chi connectivity index (χ1) is 9.33. The minimum absolute atomic E-state index is 0.0847. The highest BCUT2D eigenvalue weighted by molar-refractivity contribution is 5.82. The average molecular weight is 261 g/mol. The molecule has 1 N–H and O–H groups in total. The molecule has 1 aromatic rings. The highest BCUT2D eigenvalue weighted by atomic mass is 16.6. The number of anilines is 1. The van der Waals surface area contributed by atoms with Gasteiger partial charge in [0.2, 0.25) is 0 Å². The maximum absolute atomic E-state index is 12.0. The molecule has 2 aliphatic rings. The van der Waals surface area contributed by atoms with E-state index in [0.717, 1.165) is 31.6 Å². The van der Waals surface area contributed by atoms with E-state index in [1.165, 1.54) is 5.56 Å². The topological polar surface area (TPSA) is 47.6 Å². The number of benzene rings is 1. The lowest BCUT2D eigenvalue weighted by atomic mass is 10.1.